The monoisotopic (exact) mass is 288 g/mol. The van der Waals surface area contributed by atoms with Crippen LogP contribution in [0.5, 0.6) is 0 Å². The number of piperazine rings is 1. The van der Waals surface area contributed by atoms with Gasteiger partial charge in [0.15, 0.2) is 6.10 Å². The maximum absolute atomic E-state index is 11.9. The zero-order valence-corrected chi connectivity index (χ0v) is 12.6. The van der Waals surface area contributed by atoms with Gasteiger partial charge in [0.2, 0.25) is 0 Å². The fraction of sp³-hybridized carbons (Fsp3) is 0.846. The summed E-state index contributed by atoms with van der Waals surface area (Å²) >= 11 is 0. The van der Waals surface area contributed by atoms with Crippen LogP contribution < -0.4 is 0 Å². The molecule has 20 heavy (non-hydrogen) atoms. The van der Waals surface area contributed by atoms with Crippen molar-refractivity contribution in [2.45, 2.75) is 32.5 Å². The summed E-state index contributed by atoms with van der Waals surface area (Å²) in [6.07, 6.45) is -1.15. The number of carbonyl (C=O) groups excluding carboxylic acids is 1. The first-order chi connectivity index (χ1) is 9.23. The molecule has 1 fully saturated rings. The van der Waals surface area contributed by atoms with Crippen LogP contribution in [-0.4, -0.2) is 78.5 Å². The number of aliphatic carboxylic acids is 1. The van der Waals surface area contributed by atoms with Crippen LogP contribution in [0, 0.1) is 0 Å². The largest absolute Gasteiger partial charge is 0.479 e. The number of carbonyl (C=O) groups is 2. The maximum atomic E-state index is 11.9. The Kier molecular flexibility index (Phi) is 5.76. The number of ether oxygens (including phenoxy) is 2. The third-order valence-electron chi connectivity index (χ3n) is 3.01. The van der Waals surface area contributed by atoms with Crippen LogP contribution in [0.3, 0.4) is 0 Å². The van der Waals surface area contributed by atoms with Crippen molar-refractivity contribution in [1.82, 2.24) is 9.80 Å². The van der Waals surface area contributed by atoms with Gasteiger partial charge >= 0.3 is 12.1 Å². The first-order valence-corrected chi connectivity index (χ1v) is 6.69. The van der Waals surface area contributed by atoms with Crippen LogP contribution in [0.15, 0.2) is 0 Å². The van der Waals surface area contributed by atoms with E-state index in [1.165, 1.54) is 7.11 Å². The van der Waals surface area contributed by atoms with Crippen LogP contribution in [-0.2, 0) is 14.3 Å². The minimum atomic E-state index is -0.970. The second kappa shape index (κ2) is 6.90. The molecule has 0 aliphatic carbocycles. The molecule has 1 atom stereocenters. The zero-order valence-electron chi connectivity index (χ0n) is 12.6. The Labute approximate surface area is 119 Å². The first-order valence-electron chi connectivity index (χ1n) is 6.69. The average molecular weight is 288 g/mol. The molecular formula is C13H24N2O5. The van der Waals surface area contributed by atoms with E-state index in [1.54, 1.807) is 4.90 Å². The van der Waals surface area contributed by atoms with Gasteiger partial charge in [0, 0.05) is 39.8 Å². The Hall–Kier alpha value is -1.34. The molecular weight excluding hydrogens is 264 g/mol. The van der Waals surface area contributed by atoms with Gasteiger partial charge in [-0.2, -0.15) is 0 Å². The predicted molar refractivity (Wildman–Crippen MR) is 72.7 cm³/mol. The van der Waals surface area contributed by atoms with Crippen LogP contribution in [0.2, 0.25) is 0 Å². The quantitative estimate of drug-likeness (QED) is 0.818. The van der Waals surface area contributed by atoms with E-state index < -0.39 is 17.7 Å². The van der Waals surface area contributed by atoms with Gasteiger partial charge in [-0.05, 0) is 20.8 Å². The molecule has 7 nitrogen and oxygen atoms in total. The van der Waals surface area contributed by atoms with E-state index in [4.69, 9.17) is 14.6 Å². The summed E-state index contributed by atoms with van der Waals surface area (Å²) in [6, 6.07) is 0. The van der Waals surface area contributed by atoms with Crippen LogP contribution in [0.4, 0.5) is 4.79 Å². The van der Waals surface area contributed by atoms with Crippen molar-refractivity contribution in [3.8, 4) is 0 Å². The topological polar surface area (TPSA) is 79.3 Å². The summed E-state index contributed by atoms with van der Waals surface area (Å²) in [4.78, 5) is 26.4. The van der Waals surface area contributed by atoms with Crippen LogP contribution >= 0.6 is 0 Å². The molecule has 7 heteroatoms. The predicted octanol–water partition coefficient (Wildman–Crippen LogP) is 0.639. The van der Waals surface area contributed by atoms with E-state index >= 15 is 0 Å². The SMILES string of the molecule is COC(CN1CCN(C(=O)OC(C)(C)C)CC1)C(=O)O. The maximum Gasteiger partial charge on any atom is 0.410 e. The average Bonchev–Trinajstić information content (AvgIpc) is 2.34. The summed E-state index contributed by atoms with van der Waals surface area (Å²) in [6.45, 7) is 8.12. The Bertz CT molecular complexity index is 345. The molecule has 0 aromatic carbocycles. The Balaban J connectivity index is 2.40. The lowest BCUT2D eigenvalue weighted by Gasteiger charge is -2.36. The summed E-state index contributed by atoms with van der Waals surface area (Å²) in [5, 5.41) is 8.94. The number of carboxylic acid groups (broad SMARTS) is 1. The smallest absolute Gasteiger partial charge is 0.410 e. The highest BCUT2D eigenvalue weighted by molar-refractivity contribution is 5.72. The number of nitrogens with zero attached hydrogens (tertiary/aromatic N) is 2. The molecule has 1 aliphatic heterocycles. The molecule has 0 saturated carbocycles. The molecule has 0 radical (unpaired) electrons. The van der Waals surface area contributed by atoms with Gasteiger partial charge in [-0.1, -0.05) is 0 Å². The highest BCUT2D eigenvalue weighted by Gasteiger charge is 2.28. The highest BCUT2D eigenvalue weighted by Crippen LogP contribution is 2.12. The van der Waals surface area contributed by atoms with Crippen molar-refractivity contribution in [1.29, 1.82) is 0 Å². The van der Waals surface area contributed by atoms with Gasteiger partial charge in [0.05, 0.1) is 0 Å². The van der Waals surface area contributed by atoms with Crippen molar-refractivity contribution in [2.24, 2.45) is 0 Å². The summed E-state index contributed by atoms with van der Waals surface area (Å²) in [7, 11) is 1.38. The number of hydrogen-bond donors (Lipinski definition) is 1. The summed E-state index contributed by atoms with van der Waals surface area (Å²) in [5.74, 6) is -0.970. The normalized spacial score (nSPS) is 18.7. The van der Waals surface area contributed by atoms with Crippen molar-refractivity contribution in [2.75, 3.05) is 39.8 Å². The lowest BCUT2D eigenvalue weighted by Crippen LogP contribution is -2.52. The fourth-order valence-electron chi connectivity index (χ4n) is 1.93. The molecule has 0 aromatic heterocycles. The first kappa shape index (κ1) is 16.7. The van der Waals surface area contributed by atoms with Gasteiger partial charge in [0.25, 0.3) is 0 Å². The number of rotatable bonds is 4. The van der Waals surface area contributed by atoms with E-state index in [0.717, 1.165) is 0 Å². The van der Waals surface area contributed by atoms with Gasteiger partial charge in [-0.15, -0.1) is 0 Å². The minimum absolute atomic E-state index is 0.321. The van der Waals surface area contributed by atoms with Gasteiger partial charge in [-0.25, -0.2) is 9.59 Å². The third kappa shape index (κ3) is 5.34. The molecule has 1 heterocycles. The number of hydrogen-bond acceptors (Lipinski definition) is 5. The minimum Gasteiger partial charge on any atom is -0.479 e. The van der Waals surface area contributed by atoms with Crippen LogP contribution in [0.1, 0.15) is 20.8 Å². The molecule has 0 bridgehead atoms. The van der Waals surface area contributed by atoms with Gasteiger partial charge in [0.1, 0.15) is 5.60 Å². The molecule has 1 saturated heterocycles. The Morgan fingerprint density at radius 1 is 1.20 bits per heavy atom. The van der Waals surface area contributed by atoms with Crippen molar-refractivity contribution in [3.63, 3.8) is 0 Å². The van der Waals surface area contributed by atoms with Crippen molar-refractivity contribution >= 4 is 12.1 Å². The Morgan fingerprint density at radius 2 is 1.75 bits per heavy atom. The number of carboxylic acids is 1. The van der Waals surface area contributed by atoms with E-state index in [0.29, 0.717) is 32.7 Å². The molecule has 1 rings (SSSR count). The highest BCUT2D eigenvalue weighted by atomic mass is 16.6. The van der Waals surface area contributed by atoms with Gasteiger partial charge < -0.3 is 19.5 Å². The van der Waals surface area contributed by atoms with E-state index in [2.05, 4.69) is 0 Å². The zero-order chi connectivity index (χ0) is 15.3. The summed E-state index contributed by atoms with van der Waals surface area (Å²) < 4.78 is 10.2. The van der Waals surface area contributed by atoms with E-state index in [9.17, 15) is 9.59 Å². The lowest BCUT2D eigenvalue weighted by atomic mass is 10.2. The number of methoxy groups -OCH3 is 1. The van der Waals surface area contributed by atoms with Gasteiger partial charge in [-0.3, -0.25) is 4.90 Å². The second-order valence-electron chi connectivity index (χ2n) is 5.83. The molecule has 1 amide bonds. The molecule has 116 valence electrons. The molecule has 1 N–H and O–H groups in total. The molecule has 0 spiro atoms. The third-order valence-corrected chi connectivity index (χ3v) is 3.01. The second-order valence-corrected chi connectivity index (χ2v) is 5.83. The van der Waals surface area contributed by atoms with E-state index in [-0.39, 0.29) is 6.09 Å². The van der Waals surface area contributed by atoms with Crippen molar-refractivity contribution < 1.29 is 24.2 Å². The van der Waals surface area contributed by atoms with Crippen LogP contribution in [0.25, 0.3) is 0 Å². The molecule has 1 unspecified atom stereocenters. The molecule has 0 aromatic rings. The molecule has 1 aliphatic rings. The fourth-order valence-corrected chi connectivity index (χ4v) is 1.93. The lowest BCUT2D eigenvalue weighted by molar-refractivity contribution is -0.149. The summed E-state index contributed by atoms with van der Waals surface area (Å²) in [5.41, 5.74) is -0.501. The Morgan fingerprint density at radius 3 is 2.15 bits per heavy atom. The van der Waals surface area contributed by atoms with E-state index in [1.807, 2.05) is 25.7 Å². The van der Waals surface area contributed by atoms with Crippen molar-refractivity contribution in [3.05, 3.63) is 0 Å². The number of amides is 1. The standard InChI is InChI=1S/C13H24N2O5/c1-13(2,3)20-12(18)15-7-5-14(6-8-15)9-10(19-4)11(16)17/h10H,5-9H2,1-4H3,(H,16,17).